The zero-order valence-corrected chi connectivity index (χ0v) is 13.2. The van der Waals surface area contributed by atoms with Crippen molar-refractivity contribution in [2.45, 2.75) is 4.90 Å². The molecule has 19 heavy (non-hydrogen) atoms. The van der Waals surface area contributed by atoms with Crippen LogP contribution in [-0.2, 0) is 0 Å². The summed E-state index contributed by atoms with van der Waals surface area (Å²) in [5.41, 5.74) is 0.733. The Morgan fingerprint density at radius 2 is 1.95 bits per heavy atom. The van der Waals surface area contributed by atoms with E-state index in [0.29, 0.717) is 9.50 Å². The van der Waals surface area contributed by atoms with E-state index in [9.17, 15) is 4.39 Å². The smallest absolute Gasteiger partial charge is 0.125 e. The molecule has 0 aliphatic carbocycles. The van der Waals surface area contributed by atoms with E-state index in [1.54, 1.807) is 11.8 Å². The van der Waals surface area contributed by atoms with Gasteiger partial charge in [0.05, 0.1) is 10.7 Å². The van der Waals surface area contributed by atoms with Gasteiger partial charge in [0.25, 0.3) is 0 Å². The molecule has 2 rings (SSSR count). The number of benzene rings is 2. The van der Waals surface area contributed by atoms with Gasteiger partial charge in [-0.1, -0.05) is 29.8 Å². The number of hydrogen-bond donors (Lipinski definition) is 1. The molecule has 0 radical (unpaired) electrons. The molecular weight excluding hydrogens is 349 g/mol. The molecule has 1 nitrogen and oxygen atoms in total. The normalized spacial score (nSPS) is 10.5. The summed E-state index contributed by atoms with van der Waals surface area (Å²) >= 11 is 11.1. The third-order valence-corrected chi connectivity index (χ3v) is 4.36. The highest BCUT2D eigenvalue weighted by Gasteiger charge is 2.07. The highest BCUT2D eigenvalue weighted by molar-refractivity contribution is 9.10. The number of halogens is 3. The zero-order valence-electron chi connectivity index (χ0n) is 10.00. The molecule has 0 atom stereocenters. The summed E-state index contributed by atoms with van der Waals surface area (Å²) in [5.74, 6) is 0.561. The van der Waals surface area contributed by atoms with Crippen molar-refractivity contribution in [3.63, 3.8) is 0 Å². The average molecular weight is 361 g/mol. The van der Waals surface area contributed by atoms with E-state index in [4.69, 9.17) is 11.6 Å². The molecule has 100 valence electrons. The third kappa shape index (κ3) is 4.41. The standard InChI is InChI=1S/C14H12BrClFNS/c15-12-8-10(17)9-13(16)14(12)18-6-7-19-11-4-2-1-3-5-11/h1-5,8-9,18H,6-7H2. The van der Waals surface area contributed by atoms with Gasteiger partial charge in [-0.15, -0.1) is 11.8 Å². The Kier molecular flexibility index (Phi) is 5.55. The Bertz CT molecular complexity index is 527. The summed E-state index contributed by atoms with van der Waals surface area (Å²) in [7, 11) is 0. The topological polar surface area (TPSA) is 12.0 Å². The minimum Gasteiger partial charge on any atom is -0.382 e. The minimum atomic E-state index is -0.346. The maximum atomic E-state index is 13.1. The fourth-order valence-electron chi connectivity index (χ4n) is 1.57. The van der Waals surface area contributed by atoms with Crippen LogP contribution in [0.1, 0.15) is 0 Å². The second-order valence-corrected chi connectivity index (χ2v) is 6.26. The summed E-state index contributed by atoms with van der Waals surface area (Å²) in [4.78, 5) is 1.23. The first-order valence-corrected chi connectivity index (χ1v) is 7.89. The monoisotopic (exact) mass is 359 g/mol. The second kappa shape index (κ2) is 7.17. The minimum absolute atomic E-state index is 0.346. The lowest BCUT2D eigenvalue weighted by molar-refractivity contribution is 0.627. The van der Waals surface area contributed by atoms with Gasteiger partial charge in [-0.05, 0) is 40.2 Å². The Morgan fingerprint density at radius 3 is 2.63 bits per heavy atom. The number of nitrogens with one attached hydrogen (secondary N) is 1. The molecule has 1 N–H and O–H groups in total. The van der Waals surface area contributed by atoms with Crippen molar-refractivity contribution >= 4 is 45.0 Å². The molecule has 0 amide bonds. The summed E-state index contributed by atoms with van der Waals surface area (Å²) in [5, 5.41) is 3.60. The first-order valence-electron chi connectivity index (χ1n) is 5.73. The maximum absolute atomic E-state index is 13.1. The van der Waals surface area contributed by atoms with Crippen molar-refractivity contribution in [1.29, 1.82) is 0 Å². The fraction of sp³-hybridized carbons (Fsp3) is 0.143. The summed E-state index contributed by atoms with van der Waals surface area (Å²) in [6, 6.07) is 12.9. The van der Waals surface area contributed by atoms with Gasteiger partial charge in [0.15, 0.2) is 0 Å². The van der Waals surface area contributed by atoms with E-state index in [2.05, 4.69) is 33.4 Å². The molecule has 0 bridgehead atoms. The van der Waals surface area contributed by atoms with E-state index >= 15 is 0 Å². The third-order valence-electron chi connectivity index (χ3n) is 2.42. The van der Waals surface area contributed by atoms with Crippen molar-refractivity contribution in [3.05, 3.63) is 57.8 Å². The highest BCUT2D eigenvalue weighted by Crippen LogP contribution is 2.31. The molecule has 0 unspecified atom stereocenters. The lowest BCUT2D eigenvalue weighted by Gasteiger charge is -2.10. The molecule has 0 spiro atoms. The molecule has 0 aliphatic heterocycles. The van der Waals surface area contributed by atoms with Crippen molar-refractivity contribution in [1.82, 2.24) is 0 Å². The number of rotatable bonds is 5. The molecule has 2 aromatic rings. The average Bonchev–Trinajstić information content (AvgIpc) is 2.38. The van der Waals surface area contributed by atoms with E-state index in [1.165, 1.54) is 17.0 Å². The van der Waals surface area contributed by atoms with Gasteiger partial charge in [-0.25, -0.2) is 4.39 Å². The number of anilines is 1. The van der Waals surface area contributed by atoms with Gasteiger partial charge >= 0.3 is 0 Å². The highest BCUT2D eigenvalue weighted by atomic mass is 79.9. The second-order valence-electron chi connectivity index (χ2n) is 3.83. The Balaban J connectivity index is 1.86. The van der Waals surface area contributed by atoms with E-state index in [-0.39, 0.29) is 5.82 Å². The van der Waals surface area contributed by atoms with Crippen LogP contribution in [0.15, 0.2) is 51.8 Å². The van der Waals surface area contributed by atoms with Crippen molar-refractivity contribution in [2.75, 3.05) is 17.6 Å². The largest absolute Gasteiger partial charge is 0.382 e. The van der Waals surface area contributed by atoms with Crippen molar-refractivity contribution in [3.8, 4) is 0 Å². The molecule has 0 heterocycles. The van der Waals surface area contributed by atoms with Crippen LogP contribution in [0.4, 0.5) is 10.1 Å². The summed E-state index contributed by atoms with van der Waals surface area (Å²) in [6.07, 6.45) is 0. The lowest BCUT2D eigenvalue weighted by Crippen LogP contribution is -2.05. The zero-order chi connectivity index (χ0) is 13.7. The summed E-state index contributed by atoms with van der Waals surface area (Å²) in [6.45, 7) is 0.753. The van der Waals surface area contributed by atoms with Crippen LogP contribution in [0.5, 0.6) is 0 Å². The van der Waals surface area contributed by atoms with Gasteiger partial charge in [0.2, 0.25) is 0 Å². The molecule has 0 fully saturated rings. The van der Waals surface area contributed by atoms with E-state index in [1.807, 2.05) is 18.2 Å². The van der Waals surface area contributed by atoms with E-state index < -0.39 is 0 Å². The van der Waals surface area contributed by atoms with Crippen LogP contribution in [0.3, 0.4) is 0 Å². The molecule has 0 saturated heterocycles. The Morgan fingerprint density at radius 1 is 1.21 bits per heavy atom. The van der Waals surface area contributed by atoms with E-state index in [0.717, 1.165) is 18.0 Å². The molecule has 2 aromatic carbocycles. The molecule has 0 aromatic heterocycles. The number of hydrogen-bond acceptors (Lipinski definition) is 2. The van der Waals surface area contributed by atoms with Crippen LogP contribution in [0.2, 0.25) is 5.02 Å². The molecule has 0 aliphatic rings. The Labute approximate surface area is 129 Å². The van der Waals surface area contributed by atoms with Crippen molar-refractivity contribution < 1.29 is 4.39 Å². The predicted molar refractivity (Wildman–Crippen MR) is 84.8 cm³/mol. The van der Waals surface area contributed by atoms with Crippen LogP contribution >= 0.6 is 39.3 Å². The van der Waals surface area contributed by atoms with Gasteiger partial charge in [-0.2, -0.15) is 0 Å². The van der Waals surface area contributed by atoms with Gasteiger partial charge in [0, 0.05) is 21.7 Å². The van der Waals surface area contributed by atoms with Gasteiger partial charge in [0.1, 0.15) is 5.82 Å². The first-order chi connectivity index (χ1) is 9.16. The predicted octanol–water partition coefficient (Wildman–Crippen LogP) is 5.45. The maximum Gasteiger partial charge on any atom is 0.125 e. The van der Waals surface area contributed by atoms with Crippen LogP contribution in [-0.4, -0.2) is 12.3 Å². The van der Waals surface area contributed by atoms with Crippen LogP contribution in [0.25, 0.3) is 0 Å². The quantitative estimate of drug-likeness (QED) is 0.562. The van der Waals surface area contributed by atoms with Crippen LogP contribution in [0, 0.1) is 5.82 Å². The number of thioether (sulfide) groups is 1. The van der Waals surface area contributed by atoms with Crippen molar-refractivity contribution in [2.24, 2.45) is 0 Å². The van der Waals surface area contributed by atoms with Crippen LogP contribution < -0.4 is 5.32 Å². The van der Waals surface area contributed by atoms with Gasteiger partial charge in [-0.3, -0.25) is 0 Å². The van der Waals surface area contributed by atoms with Gasteiger partial charge < -0.3 is 5.32 Å². The first kappa shape index (κ1) is 14.7. The lowest BCUT2D eigenvalue weighted by atomic mass is 10.3. The molecular formula is C14H12BrClFNS. The SMILES string of the molecule is Fc1cc(Cl)c(NCCSc2ccccc2)c(Br)c1. The molecule has 5 heteroatoms. The summed E-state index contributed by atoms with van der Waals surface area (Å²) < 4.78 is 13.7. The fourth-order valence-corrected chi connectivity index (χ4v) is 3.32. The molecule has 0 saturated carbocycles. The Hall–Kier alpha value is -0.710.